The van der Waals surface area contributed by atoms with Gasteiger partial charge in [0.2, 0.25) is 0 Å². The van der Waals surface area contributed by atoms with E-state index in [1.54, 1.807) is 6.07 Å². The van der Waals surface area contributed by atoms with Gasteiger partial charge in [0.15, 0.2) is 0 Å². The molecule has 0 aliphatic heterocycles. The zero-order valence-electron chi connectivity index (χ0n) is 11.8. The maximum Gasteiger partial charge on any atom is 0.416 e. The second kappa shape index (κ2) is 4.88. The van der Waals surface area contributed by atoms with Crippen molar-refractivity contribution in [3.8, 4) is 11.1 Å². The molecule has 1 aliphatic carbocycles. The Labute approximate surface area is 124 Å². The van der Waals surface area contributed by atoms with Gasteiger partial charge < -0.3 is 0 Å². The van der Waals surface area contributed by atoms with Crippen LogP contribution in [0.25, 0.3) is 17.2 Å². The lowest BCUT2D eigenvalue weighted by Gasteiger charge is -2.13. The molecule has 0 aromatic heterocycles. The van der Waals surface area contributed by atoms with E-state index in [0.717, 1.165) is 27.4 Å². The summed E-state index contributed by atoms with van der Waals surface area (Å²) in [6.45, 7) is 2.09. The van der Waals surface area contributed by atoms with E-state index in [-0.39, 0.29) is 0 Å². The number of hydrogen-bond donors (Lipinski definition) is 0. The van der Waals surface area contributed by atoms with Gasteiger partial charge in [-0.2, -0.15) is 13.2 Å². The minimum atomic E-state index is -4.31. The lowest BCUT2D eigenvalue weighted by Crippen LogP contribution is -2.04. The van der Waals surface area contributed by atoms with Crippen molar-refractivity contribution in [1.82, 2.24) is 0 Å². The van der Waals surface area contributed by atoms with Crippen molar-refractivity contribution in [2.45, 2.75) is 18.6 Å². The van der Waals surface area contributed by atoms with Crippen LogP contribution in [-0.2, 0) is 6.18 Å². The number of rotatable bonds is 1. The molecule has 2 aromatic carbocycles. The minimum Gasteiger partial charge on any atom is -0.166 e. The Morgan fingerprint density at radius 3 is 2.48 bits per heavy atom. The highest BCUT2D eigenvalue weighted by molar-refractivity contribution is 6.16. The van der Waals surface area contributed by atoms with Crippen LogP contribution in [0.2, 0.25) is 0 Å². The van der Waals surface area contributed by atoms with Crippen LogP contribution in [0.5, 0.6) is 0 Å². The van der Waals surface area contributed by atoms with Crippen molar-refractivity contribution in [3.63, 3.8) is 0 Å². The van der Waals surface area contributed by atoms with E-state index in [1.165, 1.54) is 23.3 Å². The largest absolute Gasteiger partial charge is 0.416 e. The van der Waals surface area contributed by atoms with Gasteiger partial charge in [-0.1, -0.05) is 42.0 Å². The molecule has 0 amide bonds. The van der Waals surface area contributed by atoms with E-state index in [0.29, 0.717) is 11.1 Å². The van der Waals surface area contributed by atoms with E-state index in [2.05, 4.69) is 19.1 Å². The number of hydrogen-bond acceptors (Lipinski definition) is 0. The SMILES string of the molecule is CC1=Cc2c(-c3cccc(C(F)(F)F)c3)cccc2C1[SiH3]. The van der Waals surface area contributed by atoms with Gasteiger partial charge in [0.25, 0.3) is 0 Å². The highest BCUT2D eigenvalue weighted by Crippen LogP contribution is 2.40. The minimum absolute atomic E-state index is 0.464. The molecule has 0 bridgehead atoms. The van der Waals surface area contributed by atoms with Crippen LogP contribution >= 0.6 is 0 Å². The van der Waals surface area contributed by atoms with Gasteiger partial charge in [0.1, 0.15) is 0 Å². The summed E-state index contributed by atoms with van der Waals surface area (Å²) in [4.78, 5) is 0. The molecule has 4 heteroatoms. The van der Waals surface area contributed by atoms with Crippen LogP contribution in [0.1, 0.15) is 29.2 Å². The van der Waals surface area contributed by atoms with E-state index in [4.69, 9.17) is 0 Å². The van der Waals surface area contributed by atoms with Crippen molar-refractivity contribution in [3.05, 3.63) is 64.7 Å². The number of benzene rings is 2. The molecule has 0 saturated heterocycles. The van der Waals surface area contributed by atoms with Crippen molar-refractivity contribution in [2.24, 2.45) is 0 Å². The van der Waals surface area contributed by atoms with Gasteiger partial charge >= 0.3 is 6.18 Å². The fourth-order valence-corrected chi connectivity index (χ4v) is 3.50. The zero-order valence-corrected chi connectivity index (χ0v) is 13.8. The van der Waals surface area contributed by atoms with Crippen molar-refractivity contribution >= 4 is 16.3 Å². The summed E-state index contributed by atoms with van der Waals surface area (Å²) in [6.07, 6.45) is -2.19. The Kier molecular flexibility index (Phi) is 3.28. The number of alkyl halides is 3. The molecule has 0 radical (unpaired) electrons. The molecule has 0 heterocycles. The van der Waals surface area contributed by atoms with Gasteiger partial charge in [0.05, 0.1) is 5.56 Å². The Bertz CT molecular complexity index is 729. The molecule has 108 valence electrons. The fraction of sp³-hybridized carbons (Fsp3) is 0.176. The van der Waals surface area contributed by atoms with Crippen molar-refractivity contribution in [1.29, 1.82) is 0 Å². The van der Waals surface area contributed by atoms with E-state index >= 15 is 0 Å². The first kappa shape index (κ1) is 14.1. The smallest absolute Gasteiger partial charge is 0.166 e. The predicted molar refractivity (Wildman–Crippen MR) is 83.2 cm³/mol. The highest BCUT2D eigenvalue weighted by atomic mass is 28.1. The van der Waals surface area contributed by atoms with Crippen LogP contribution in [0.4, 0.5) is 13.2 Å². The van der Waals surface area contributed by atoms with Gasteiger partial charge in [-0.3, -0.25) is 0 Å². The summed E-state index contributed by atoms with van der Waals surface area (Å²) in [5.41, 5.74) is 5.00. The number of halogens is 3. The third-order valence-electron chi connectivity index (χ3n) is 4.16. The first-order valence-electron chi connectivity index (χ1n) is 6.86. The molecule has 0 fully saturated rings. The lowest BCUT2D eigenvalue weighted by atomic mass is 9.96. The van der Waals surface area contributed by atoms with Crippen LogP contribution in [0.15, 0.2) is 48.0 Å². The average Bonchev–Trinajstić information content (AvgIpc) is 2.74. The zero-order chi connectivity index (χ0) is 15.2. The topological polar surface area (TPSA) is 0 Å². The molecule has 2 aromatic rings. The van der Waals surface area contributed by atoms with E-state index in [9.17, 15) is 13.2 Å². The molecule has 1 aliphatic rings. The van der Waals surface area contributed by atoms with Gasteiger partial charge in [-0.25, -0.2) is 0 Å². The van der Waals surface area contributed by atoms with Crippen LogP contribution in [0, 0.1) is 0 Å². The third-order valence-corrected chi connectivity index (χ3v) is 5.69. The molecule has 0 nitrogen and oxygen atoms in total. The van der Waals surface area contributed by atoms with Crippen molar-refractivity contribution < 1.29 is 13.2 Å². The van der Waals surface area contributed by atoms with Crippen molar-refractivity contribution in [2.75, 3.05) is 0 Å². The molecular weight excluding hydrogens is 289 g/mol. The summed E-state index contributed by atoms with van der Waals surface area (Å²) in [5, 5.41) is 0. The summed E-state index contributed by atoms with van der Waals surface area (Å²) in [5.74, 6) is 0. The molecule has 1 unspecified atom stereocenters. The van der Waals surface area contributed by atoms with Crippen LogP contribution in [-0.4, -0.2) is 10.2 Å². The van der Waals surface area contributed by atoms with Crippen LogP contribution < -0.4 is 0 Å². The van der Waals surface area contributed by atoms with Crippen LogP contribution in [0.3, 0.4) is 0 Å². The fourth-order valence-electron chi connectivity index (χ4n) is 2.83. The maximum atomic E-state index is 12.9. The molecular formula is C17H15F3Si. The first-order valence-corrected chi connectivity index (χ1v) is 8.02. The van der Waals surface area contributed by atoms with Gasteiger partial charge in [-0.15, -0.1) is 0 Å². The standard InChI is InChI=1S/C17H15F3Si/c1-10-8-15-13(6-3-7-14(15)16(10)21)11-4-2-5-12(9-11)17(18,19)20/h2-9,16H,1,21H3. The van der Waals surface area contributed by atoms with E-state index in [1.807, 2.05) is 12.1 Å². The maximum absolute atomic E-state index is 12.9. The third kappa shape index (κ3) is 2.44. The summed E-state index contributed by atoms with van der Waals surface area (Å²) in [6, 6.07) is 11.5. The predicted octanol–water partition coefficient (Wildman–Crippen LogP) is 4.20. The normalized spacial score (nSPS) is 17.7. The Balaban J connectivity index is 2.16. The average molecular weight is 304 g/mol. The van der Waals surface area contributed by atoms with Gasteiger partial charge in [0, 0.05) is 10.2 Å². The summed E-state index contributed by atoms with van der Waals surface area (Å²) < 4.78 is 38.6. The summed E-state index contributed by atoms with van der Waals surface area (Å²) in [7, 11) is 1.02. The first-order chi connectivity index (χ1) is 9.88. The molecule has 1 atom stereocenters. The Hall–Kier alpha value is -1.81. The van der Waals surface area contributed by atoms with Gasteiger partial charge in [-0.05, 0) is 46.9 Å². The quantitative estimate of drug-likeness (QED) is 0.693. The molecule has 21 heavy (non-hydrogen) atoms. The molecule has 0 saturated carbocycles. The molecule has 0 N–H and O–H groups in total. The second-order valence-corrected chi connectivity index (χ2v) is 6.65. The lowest BCUT2D eigenvalue weighted by molar-refractivity contribution is -0.137. The highest BCUT2D eigenvalue weighted by Gasteiger charge is 2.30. The second-order valence-electron chi connectivity index (χ2n) is 5.50. The summed E-state index contributed by atoms with van der Waals surface area (Å²) >= 11 is 0. The molecule has 0 spiro atoms. The Morgan fingerprint density at radius 2 is 1.76 bits per heavy atom. The number of allylic oxidation sites excluding steroid dienone is 1. The Morgan fingerprint density at radius 1 is 1.05 bits per heavy atom. The monoisotopic (exact) mass is 304 g/mol. The number of fused-ring (bicyclic) bond motifs is 1. The van der Waals surface area contributed by atoms with E-state index < -0.39 is 11.7 Å². The molecule has 3 rings (SSSR count).